The monoisotopic (exact) mass is 251 g/mol. The van der Waals surface area contributed by atoms with Crippen LogP contribution in [0.4, 0.5) is 5.95 Å². The quantitative estimate of drug-likeness (QED) is 0.822. The Hall–Kier alpha value is -1.69. The van der Waals surface area contributed by atoms with Gasteiger partial charge in [-0.2, -0.15) is 0 Å². The zero-order valence-electron chi connectivity index (χ0n) is 10.3. The van der Waals surface area contributed by atoms with Gasteiger partial charge in [0, 0.05) is 25.4 Å². The number of hydrogen-bond donors (Lipinski definition) is 2. The van der Waals surface area contributed by atoms with Crippen molar-refractivity contribution >= 4 is 11.9 Å². The molecule has 1 aromatic heterocycles. The van der Waals surface area contributed by atoms with Crippen molar-refractivity contribution in [1.29, 1.82) is 0 Å². The van der Waals surface area contributed by atoms with Crippen molar-refractivity contribution in [3.8, 4) is 0 Å². The third-order valence-corrected chi connectivity index (χ3v) is 3.22. The summed E-state index contributed by atoms with van der Waals surface area (Å²) in [5, 5.41) is 18.1. The molecule has 0 saturated carbocycles. The molecular weight excluding hydrogens is 234 g/mol. The van der Waals surface area contributed by atoms with E-state index in [0.29, 0.717) is 17.6 Å². The van der Waals surface area contributed by atoms with E-state index in [-0.39, 0.29) is 12.3 Å². The Morgan fingerprint density at radius 1 is 1.44 bits per heavy atom. The van der Waals surface area contributed by atoms with Gasteiger partial charge in [0.25, 0.3) is 0 Å². The van der Waals surface area contributed by atoms with Crippen LogP contribution < -0.4 is 4.90 Å². The highest BCUT2D eigenvalue weighted by atomic mass is 16.4. The average molecular weight is 251 g/mol. The Bertz CT molecular complexity index is 442. The van der Waals surface area contributed by atoms with Crippen LogP contribution in [0.5, 0.6) is 0 Å². The number of hydrogen-bond acceptors (Lipinski definition) is 5. The van der Waals surface area contributed by atoms with E-state index in [1.807, 2.05) is 4.90 Å². The minimum Gasteiger partial charge on any atom is -0.477 e. The minimum atomic E-state index is -1.04. The maximum absolute atomic E-state index is 10.9. The maximum Gasteiger partial charge on any atom is 0.354 e. The highest BCUT2D eigenvalue weighted by molar-refractivity contribution is 5.85. The molecule has 0 unspecified atom stereocenters. The van der Waals surface area contributed by atoms with Crippen LogP contribution in [0, 0.1) is 12.8 Å². The summed E-state index contributed by atoms with van der Waals surface area (Å²) in [4.78, 5) is 21.3. The van der Waals surface area contributed by atoms with E-state index < -0.39 is 5.97 Å². The average Bonchev–Trinajstić information content (AvgIpc) is 2.38. The van der Waals surface area contributed by atoms with Crippen molar-refractivity contribution in [1.82, 2.24) is 9.97 Å². The van der Waals surface area contributed by atoms with Crippen LogP contribution in [-0.4, -0.2) is 45.8 Å². The number of aliphatic hydroxyl groups excluding tert-OH is 1. The van der Waals surface area contributed by atoms with Gasteiger partial charge in [-0.15, -0.1) is 0 Å². The zero-order chi connectivity index (χ0) is 13.1. The second-order valence-electron chi connectivity index (χ2n) is 4.61. The number of aromatic carboxylic acids is 1. The largest absolute Gasteiger partial charge is 0.477 e. The first-order valence-electron chi connectivity index (χ1n) is 6.05. The molecule has 0 radical (unpaired) electrons. The lowest BCUT2D eigenvalue weighted by molar-refractivity contribution is 0.0690. The van der Waals surface area contributed by atoms with E-state index in [9.17, 15) is 4.79 Å². The number of anilines is 1. The molecule has 0 spiro atoms. The molecule has 0 bridgehead atoms. The van der Waals surface area contributed by atoms with Gasteiger partial charge in [0.15, 0.2) is 5.69 Å². The van der Waals surface area contributed by atoms with Crippen LogP contribution in [0.25, 0.3) is 0 Å². The number of carboxylic acids is 1. The second-order valence-corrected chi connectivity index (χ2v) is 4.61. The van der Waals surface area contributed by atoms with Crippen molar-refractivity contribution in [3.63, 3.8) is 0 Å². The third-order valence-electron chi connectivity index (χ3n) is 3.22. The first-order chi connectivity index (χ1) is 8.60. The molecule has 1 fully saturated rings. The van der Waals surface area contributed by atoms with Crippen molar-refractivity contribution in [2.45, 2.75) is 19.8 Å². The number of aliphatic hydroxyl groups is 1. The molecule has 1 aromatic rings. The van der Waals surface area contributed by atoms with Crippen LogP contribution in [0.3, 0.4) is 0 Å². The SMILES string of the molecule is Cc1cc(C(=O)O)nc(N2CCC(CO)CC2)n1. The van der Waals surface area contributed by atoms with E-state index >= 15 is 0 Å². The van der Waals surface area contributed by atoms with Gasteiger partial charge in [0.1, 0.15) is 0 Å². The van der Waals surface area contributed by atoms with Crippen LogP contribution in [0.1, 0.15) is 29.0 Å². The molecule has 0 aliphatic carbocycles. The summed E-state index contributed by atoms with van der Waals surface area (Å²) in [5.74, 6) is -0.221. The fourth-order valence-electron chi connectivity index (χ4n) is 2.12. The van der Waals surface area contributed by atoms with Gasteiger partial charge in [-0.25, -0.2) is 14.8 Å². The van der Waals surface area contributed by atoms with Crippen molar-refractivity contribution in [2.75, 3.05) is 24.6 Å². The van der Waals surface area contributed by atoms with Crippen LogP contribution in [0.2, 0.25) is 0 Å². The fourth-order valence-corrected chi connectivity index (χ4v) is 2.12. The summed E-state index contributed by atoms with van der Waals surface area (Å²) >= 11 is 0. The Morgan fingerprint density at radius 2 is 2.11 bits per heavy atom. The van der Waals surface area contributed by atoms with E-state index in [1.165, 1.54) is 6.07 Å². The summed E-state index contributed by atoms with van der Waals surface area (Å²) in [5.41, 5.74) is 0.684. The summed E-state index contributed by atoms with van der Waals surface area (Å²) < 4.78 is 0. The normalized spacial score (nSPS) is 16.9. The molecule has 1 saturated heterocycles. The number of rotatable bonds is 3. The third kappa shape index (κ3) is 2.76. The Balaban J connectivity index is 2.16. The predicted molar refractivity (Wildman–Crippen MR) is 65.8 cm³/mol. The van der Waals surface area contributed by atoms with Gasteiger partial charge in [0.05, 0.1) is 0 Å². The Kier molecular flexibility index (Phi) is 3.76. The predicted octanol–water partition coefficient (Wildman–Crippen LogP) is 0.692. The molecular formula is C12H17N3O3. The molecule has 0 amide bonds. The highest BCUT2D eigenvalue weighted by Gasteiger charge is 2.21. The van der Waals surface area contributed by atoms with Gasteiger partial charge >= 0.3 is 5.97 Å². The number of piperidine rings is 1. The first-order valence-corrected chi connectivity index (χ1v) is 6.05. The molecule has 98 valence electrons. The van der Waals surface area contributed by atoms with Crippen molar-refractivity contribution in [3.05, 3.63) is 17.5 Å². The number of carbonyl (C=O) groups is 1. The number of aryl methyl sites for hydroxylation is 1. The first kappa shape index (κ1) is 12.8. The lowest BCUT2D eigenvalue weighted by Gasteiger charge is -2.31. The van der Waals surface area contributed by atoms with E-state index in [2.05, 4.69) is 9.97 Å². The summed E-state index contributed by atoms with van der Waals surface area (Å²) in [7, 11) is 0. The molecule has 2 N–H and O–H groups in total. The summed E-state index contributed by atoms with van der Waals surface area (Å²) in [6, 6.07) is 1.46. The van der Waals surface area contributed by atoms with Gasteiger partial charge in [0.2, 0.25) is 5.95 Å². The van der Waals surface area contributed by atoms with Crippen LogP contribution in [0.15, 0.2) is 6.07 Å². The molecule has 18 heavy (non-hydrogen) atoms. The molecule has 1 aliphatic rings. The highest BCUT2D eigenvalue weighted by Crippen LogP contribution is 2.20. The van der Waals surface area contributed by atoms with Crippen LogP contribution >= 0.6 is 0 Å². The topological polar surface area (TPSA) is 86.5 Å². The molecule has 1 aliphatic heterocycles. The number of aromatic nitrogens is 2. The molecule has 2 rings (SSSR count). The standard InChI is InChI=1S/C12H17N3O3/c1-8-6-10(11(17)18)14-12(13-8)15-4-2-9(7-16)3-5-15/h6,9,16H,2-5,7H2,1H3,(H,17,18). The minimum absolute atomic E-state index is 0.0294. The molecule has 2 heterocycles. The fraction of sp³-hybridized carbons (Fsp3) is 0.583. The summed E-state index contributed by atoms with van der Waals surface area (Å²) in [6.07, 6.45) is 1.77. The zero-order valence-corrected chi connectivity index (χ0v) is 10.3. The molecule has 6 nitrogen and oxygen atoms in total. The lowest BCUT2D eigenvalue weighted by Crippen LogP contribution is -2.36. The molecule has 0 atom stereocenters. The second kappa shape index (κ2) is 5.30. The maximum atomic E-state index is 10.9. The van der Waals surface area contributed by atoms with Crippen LogP contribution in [-0.2, 0) is 0 Å². The smallest absolute Gasteiger partial charge is 0.354 e. The van der Waals surface area contributed by atoms with Gasteiger partial charge < -0.3 is 15.1 Å². The Morgan fingerprint density at radius 3 is 2.67 bits per heavy atom. The van der Waals surface area contributed by atoms with Crippen molar-refractivity contribution < 1.29 is 15.0 Å². The van der Waals surface area contributed by atoms with Gasteiger partial charge in [-0.3, -0.25) is 0 Å². The lowest BCUT2D eigenvalue weighted by atomic mass is 9.98. The molecule has 0 aromatic carbocycles. The van der Waals surface area contributed by atoms with E-state index in [4.69, 9.17) is 10.2 Å². The molecule has 6 heteroatoms. The van der Waals surface area contributed by atoms with E-state index in [0.717, 1.165) is 25.9 Å². The summed E-state index contributed by atoms with van der Waals surface area (Å²) in [6.45, 7) is 3.49. The number of carboxylic acid groups (broad SMARTS) is 1. The van der Waals surface area contributed by atoms with Gasteiger partial charge in [-0.05, 0) is 31.7 Å². The van der Waals surface area contributed by atoms with E-state index in [1.54, 1.807) is 6.92 Å². The van der Waals surface area contributed by atoms with Crippen molar-refractivity contribution in [2.24, 2.45) is 5.92 Å². The number of nitrogens with zero attached hydrogens (tertiary/aromatic N) is 3. The van der Waals surface area contributed by atoms with Gasteiger partial charge in [-0.1, -0.05) is 0 Å². The Labute approximate surface area is 105 Å².